The lowest BCUT2D eigenvalue weighted by Gasteiger charge is -2.26. The van der Waals surface area contributed by atoms with Crippen molar-refractivity contribution in [3.05, 3.63) is 36.5 Å². The number of phosphoric acid groups is 1. The molecule has 3 N–H and O–H groups in total. The summed E-state index contributed by atoms with van der Waals surface area (Å²) >= 11 is 0. The molecule has 0 heterocycles. The Morgan fingerprint density at radius 1 is 0.567 bits per heavy atom. The van der Waals surface area contributed by atoms with Gasteiger partial charge in [0, 0.05) is 6.42 Å². The van der Waals surface area contributed by atoms with Gasteiger partial charge in [-0.15, -0.1) is 0 Å². The summed E-state index contributed by atoms with van der Waals surface area (Å²) in [6.07, 6.45) is 53.1. The van der Waals surface area contributed by atoms with Gasteiger partial charge in [-0.1, -0.05) is 211 Å². The topological polar surface area (TPSA) is 105 Å². The molecule has 8 nitrogen and oxygen atoms in total. The molecule has 0 saturated heterocycles. The molecule has 0 aromatic heterocycles. The van der Waals surface area contributed by atoms with Crippen molar-refractivity contribution in [2.45, 2.75) is 244 Å². The van der Waals surface area contributed by atoms with Gasteiger partial charge in [0.15, 0.2) is 0 Å². The molecule has 0 aliphatic heterocycles. The maximum absolute atomic E-state index is 12.9. The zero-order valence-electron chi connectivity index (χ0n) is 40.2. The number of nitrogens with one attached hydrogen (secondary N) is 1. The van der Waals surface area contributed by atoms with Gasteiger partial charge < -0.3 is 19.8 Å². The standard InChI is InChI=1S/C51H99N2O6P/c1-6-8-10-12-14-16-18-20-22-23-24-25-26-27-28-29-31-33-35-37-39-41-43-45-51(55)52-49(48-59-60(56,57)58-47-46-53(3,4)5)50(54)44-42-40-38-36-34-32-30-21-19-17-15-13-11-9-7-2/h18,20,23-24,26-27,49-50,54H,6-17,19,21-22,25,28-48H2,1-5H3,(H-,52,55,56,57)/p+1/b20-18-,24-23-,27-26-. The van der Waals surface area contributed by atoms with E-state index in [0.717, 1.165) is 57.8 Å². The Bertz CT molecular complexity index is 1070. The van der Waals surface area contributed by atoms with E-state index in [4.69, 9.17) is 9.05 Å². The van der Waals surface area contributed by atoms with Crippen molar-refractivity contribution >= 4 is 13.7 Å². The molecular formula is C51H100N2O6P+. The third-order valence-corrected chi connectivity index (χ3v) is 12.4. The van der Waals surface area contributed by atoms with E-state index in [0.29, 0.717) is 23.9 Å². The minimum Gasteiger partial charge on any atom is -0.391 e. The molecule has 0 saturated carbocycles. The Hall–Kier alpha value is -1.28. The summed E-state index contributed by atoms with van der Waals surface area (Å²) < 4.78 is 23.7. The van der Waals surface area contributed by atoms with Crippen molar-refractivity contribution in [1.29, 1.82) is 0 Å². The van der Waals surface area contributed by atoms with Crippen LogP contribution in [0.2, 0.25) is 0 Å². The van der Waals surface area contributed by atoms with Crippen molar-refractivity contribution < 1.29 is 32.9 Å². The van der Waals surface area contributed by atoms with Crippen LogP contribution in [0.3, 0.4) is 0 Å². The largest absolute Gasteiger partial charge is 0.472 e. The molecule has 354 valence electrons. The lowest BCUT2D eigenvalue weighted by atomic mass is 10.0. The number of rotatable bonds is 46. The zero-order valence-corrected chi connectivity index (χ0v) is 41.1. The van der Waals surface area contributed by atoms with Crippen LogP contribution >= 0.6 is 7.82 Å². The quantitative estimate of drug-likeness (QED) is 0.0244. The van der Waals surface area contributed by atoms with Gasteiger partial charge in [0.2, 0.25) is 5.91 Å². The molecule has 0 rings (SSSR count). The zero-order chi connectivity index (χ0) is 44.3. The second kappa shape index (κ2) is 43.0. The number of unbranched alkanes of at least 4 members (excludes halogenated alkanes) is 27. The van der Waals surface area contributed by atoms with E-state index in [1.165, 1.54) is 148 Å². The van der Waals surface area contributed by atoms with Crippen LogP contribution in [0, 0.1) is 0 Å². The predicted molar refractivity (Wildman–Crippen MR) is 258 cm³/mol. The fourth-order valence-corrected chi connectivity index (χ4v) is 8.08. The molecule has 3 unspecified atom stereocenters. The highest BCUT2D eigenvalue weighted by Gasteiger charge is 2.28. The molecule has 0 fully saturated rings. The van der Waals surface area contributed by atoms with Crippen LogP contribution in [0.15, 0.2) is 36.5 Å². The smallest absolute Gasteiger partial charge is 0.391 e. The van der Waals surface area contributed by atoms with Crippen molar-refractivity contribution in [3.8, 4) is 0 Å². The number of aliphatic hydroxyl groups is 1. The molecule has 0 spiro atoms. The first kappa shape index (κ1) is 58.7. The number of phosphoric ester groups is 1. The number of allylic oxidation sites excluding steroid dienone is 6. The fraction of sp³-hybridized carbons (Fsp3) is 0.863. The van der Waals surface area contributed by atoms with Crippen LogP contribution < -0.4 is 5.32 Å². The van der Waals surface area contributed by atoms with Crippen LogP contribution in [0.25, 0.3) is 0 Å². The van der Waals surface area contributed by atoms with E-state index >= 15 is 0 Å². The van der Waals surface area contributed by atoms with E-state index in [-0.39, 0.29) is 19.1 Å². The first-order chi connectivity index (χ1) is 29.0. The summed E-state index contributed by atoms with van der Waals surface area (Å²) in [6.45, 7) is 4.88. The maximum Gasteiger partial charge on any atom is 0.472 e. The molecule has 0 radical (unpaired) electrons. The maximum atomic E-state index is 12.9. The minimum absolute atomic E-state index is 0.0727. The van der Waals surface area contributed by atoms with Gasteiger partial charge in [0.1, 0.15) is 13.2 Å². The van der Waals surface area contributed by atoms with E-state index in [9.17, 15) is 19.4 Å². The summed E-state index contributed by atoms with van der Waals surface area (Å²) in [7, 11) is 1.61. The van der Waals surface area contributed by atoms with Gasteiger partial charge in [0.05, 0.1) is 39.9 Å². The van der Waals surface area contributed by atoms with Crippen LogP contribution in [-0.4, -0.2) is 73.4 Å². The van der Waals surface area contributed by atoms with Crippen molar-refractivity contribution in [2.75, 3.05) is 40.9 Å². The number of likely N-dealkylation sites (N-methyl/N-ethyl adjacent to an activating group) is 1. The van der Waals surface area contributed by atoms with E-state index in [2.05, 4.69) is 55.6 Å². The third kappa shape index (κ3) is 44.8. The number of carbonyl (C=O) groups is 1. The normalized spacial score (nSPS) is 14.4. The molecule has 3 atom stereocenters. The summed E-state index contributed by atoms with van der Waals surface area (Å²) in [5, 5.41) is 14.0. The molecule has 9 heteroatoms. The van der Waals surface area contributed by atoms with Crippen molar-refractivity contribution in [2.24, 2.45) is 0 Å². The molecule has 0 bridgehead atoms. The summed E-state index contributed by atoms with van der Waals surface area (Å²) in [6, 6.07) is -0.764. The Labute approximate surface area is 372 Å². The average molecular weight is 868 g/mol. The van der Waals surface area contributed by atoms with Gasteiger partial charge in [-0.2, -0.15) is 0 Å². The first-order valence-electron chi connectivity index (χ1n) is 25.4. The number of carbonyl (C=O) groups excluding carboxylic acids is 1. The Kier molecular flexibility index (Phi) is 42.1. The highest BCUT2D eigenvalue weighted by molar-refractivity contribution is 7.47. The van der Waals surface area contributed by atoms with Crippen LogP contribution in [0.5, 0.6) is 0 Å². The molecule has 0 aromatic carbocycles. The molecule has 0 aliphatic rings. The molecular weight excluding hydrogens is 768 g/mol. The van der Waals surface area contributed by atoms with Gasteiger partial charge >= 0.3 is 7.82 Å². The molecule has 0 aromatic rings. The highest BCUT2D eigenvalue weighted by Crippen LogP contribution is 2.43. The van der Waals surface area contributed by atoms with E-state index < -0.39 is 20.0 Å². The Morgan fingerprint density at radius 3 is 1.38 bits per heavy atom. The molecule has 0 aliphatic carbocycles. The van der Waals surface area contributed by atoms with Gasteiger partial charge in [-0.25, -0.2) is 4.57 Å². The predicted octanol–water partition coefficient (Wildman–Crippen LogP) is 14.6. The number of quaternary nitrogens is 1. The second-order valence-electron chi connectivity index (χ2n) is 18.5. The minimum atomic E-state index is -4.32. The van der Waals surface area contributed by atoms with Crippen molar-refractivity contribution in [3.63, 3.8) is 0 Å². The number of aliphatic hydroxyl groups excluding tert-OH is 1. The first-order valence-corrected chi connectivity index (χ1v) is 26.8. The Balaban J connectivity index is 4.27. The molecule has 1 amide bonds. The summed E-state index contributed by atoms with van der Waals surface area (Å²) in [5.41, 5.74) is 0. The molecule has 60 heavy (non-hydrogen) atoms. The Morgan fingerprint density at radius 2 is 0.950 bits per heavy atom. The highest BCUT2D eigenvalue weighted by atomic mass is 31.2. The van der Waals surface area contributed by atoms with Crippen molar-refractivity contribution in [1.82, 2.24) is 5.32 Å². The monoisotopic (exact) mass is 868 g/mol. The van der Waals surface area contributed by atoms with E-state index in [1.54, 1.807) is 0 Å². The number of nitrogens with zero attached hydrogens (tertiary/aromatic N) is 1. The van der Waals surface area contributed by atoms with Crippen LogP contribution in [0.1, 0.15) is 232 Å². The number of hydrogen-bond donors (Lipinski definition) is 3. The van der Waals surface area contributed by atoms with Crippen LogP contribution in [-0.2, 0) is 18.4 Å². The van der Waals surface area contributed by atoms with Gasteiger partial charge in [0.25, 0.3) is 0 Å². The van der Waals surface area contributed by atoms with Gasteiger partial charge in [-0.3, -0.25) is 13.8 Å². The number of amides is 1. The number of hydrogen-bond acceptors (Lipinski definition) is 5. The lowest BCUT2D eigenvalue weighted by Crippen LogP contribution is -2.46. The third-order valence-electron chi connectivity index (χ3n) is 11.4. The van der Waals surface area contributed by atoms with Crippen LogP contribution in [0.4, 0.5) is 0 Å². The van der Waals surface area contributed by atoms with Gasteiger partial charge in [-0.05, 0) is 51.4 Å². The fourth-order valence-electron chi connectivity index (χ4n) is 7.35. The van der Waals surface area contributed by atoms with E-state index in [1.807, 2.05) is 21.1 Å². The second-order valence-corrected chi connectivity index (χ2v) is 20.0. The summed E-state index contributed by atoms with van der Waals surface area (Å²) in [5.74, 6) is -0.151. The SMILES string of the molecule is CCCCCCC/C=C\C/C=C\C/C=C\CCCCCCCCCCC(=O)NC(COP(=O)(O)OCC[N+](C)(C)C)C(O)CCCCCCCCCCCCCCCCC. The average Bonchev–Trinajstić information content (AvgIpc) is 3.20. The lowest BCUT2D eigenvalue weighted by molar-refractivity contribution is -0.870. The summed E-state index contributed by atoms with van der Waals surface area (Å²) in [4.78, 5) is 23.2.